The molecular formula is C21H18FNO4. The molecule has 1 aromatic heterocycles. The minimum atomic E-state index is -0.652. The number of rotatable bonds is 7. The summed E-state index contributed by atoms with van der Waals surface area (Å²) in [5.41, 5.74) is 0.844. The van der Waals surface area contributed by atoms with Crippen molar-refractivity contribution < 1.29 is 19.0 Å². The number of Topliss-reactive ketones (excluding diaryl/α,β-unsaturated/α-hetero) is 1. The van der Waals surface area contributed by atoms with Gasteiger partial charge >= 0.3 is 0 Å². The van der Waals surface area contributed by atoms with Crippen molar-refractivity contribution in [2.45, 2.75) is 19.8 Å². The van der Waals surface area contributed by atoms with E-state index in [0.29, 0.717) is 12.4 Å². The van der Waals surface area contributed by atoms with Crippen molar-refractivity contribution in [1.82, 2.24) is 4.57 Å². The summed E-state index contributed by atoms with van der Waals surface area (Å²) < 4.78 is 20.5. The third-order valence-electron chi connectivity index (χ3n) is 4.08. The van der Waals surface area contributed by atoms with E-state index in [9.17, 15) is 14.0 Å². The number of ether oxygens (including phenoxy) is 1. The summed E-state index contributed by atoms with van der Waals surface area (Å²) in [5.74, 6) is -0.648. The van der Waals surface area contributed by atoms with Crippen molar-refractivity contribution >= 4 is 5.78 Å². The number of aromatic nitrogens is 1. The Morgan fingerprint density at radius 1 is 1.07 bits per heavy atom. The maximum atomic E-state index is 13.7. The highest BCUT2D eigenvalue weighted by Crippen LogP contribution is 2.13. The summed E-state index contributed by atoms with van der Waals surface area (Å²) in [6.07, 6.45) is 1.47. The van der Waals surface area contributed by atoms with Crippen LogP contribution >= 0.6 is 0 Å². The van der Waals surface area contributed by atoms with Crippen molar-refractivity contribution in [3.05, 3.63) is 99.7 Å². The van der Waals surface area contributed by atoms with E-state index < -0.39 is 18.2 Å². The first-order chi connectivity index (χ1) is 13.1. The Labute approximate surface area is 155 Å². The Bertz CT molecular complexity index is 999. The summed E-state index contributed by atoms with van der Waals surface area (Å²) in [7, 11) is 0. The first kappa shape index (κ1) is 18.5. The lowest BCUT2D eigenvalue weighted by Crippen LogP contribution is -2.23. The lowest BCUT2D eigenvalue weighted by atomic mass is 10.1. The molecule has 0 bridgehead atoms. The normalized spacial score (nSPS) is 10.6. The zero-order valence-corrected chi connectivity index (χ0v) is 14.5. The molecule has 6 heteroatoms. The summed E-state index contributed by atoms with van der Waals surface area (Å²) in [5, 5.41) is 8.98. The third kappa shape index (κ3) is 4.68. The molecule has 0 amide bonds. The maximum absolute atomic E-state index is 13.7. The zero-order valence-electron chi connectivity index (χ0n) is 14.5. The molecule has 2 aromatic carbocycles. The van der Waals surface area contributed by atoms with Crippen molar-refractivity contribution in [3.63, 3.8) is 0 Å². The van der Waals surface area contributed by atoms with Gasteiger partial charge in [0.1, 0.15) is 18.2 Å². The van der Waals surface area contributed by atoms with Crippen LogP contribution in [-0.2, 0) is 19.8 Å². The molecule has 1 heterocycles. The fourth-order valence-electron chi connectivity index (χ4n) is 2.55. The molecule has 1 N–H and O–H groups in total. The number of pyridine rings is 1. The van der Waals surface area contributed by atoms with E-state index in [4.69, 9.17) is 9.84 Å². The van der Waals surface area contributed by atoms with Crippen molar-refractivity contribution in [2.24, 2.45) is 0 Å². The Morgan fingerprint density at radius 2 is 1.85 bits per heavy atom. The minimum absolute atomic E-state index is 0.114. The monoisotopic (exact) mass is 367 g/mol. The van der Waals surface area contributed by atoms with E-state index in [0.717, 1.165) is 11.6 Å². The number of aliphatic hydroxyl groups is 1. The molecule has 0 saturated carbocycles. The Kier molecular flexibility index (Phi) is 5.78. The Hall–Kier alpha value is -3.25. The van der Waals surface area contributed by atoms with Crippen LogP contribution in [0.5, 0.6) is 5.75 Å². The molecule has 0 spiro atoms. The third-order valence-corrected chi connectivity index (χ3v) is 4.08. The molecule has 0 aliphatic rings. The van der Waals surface area contributed by atoms with Crippen LogP contribution in [0.3, 0.4) is 0 Å². The van der Waals surface area contributed by atoms with Crippen LogP contribution in [0, 0.1) is 5.82 Å². The molecule has 5 nitrogen and oxygen atoms in total. The van der Waals surface area contributed by atoms with Gasteiger partial charge in [-0.05, 0) is 17.7 Å². The first-order valence-electron chi connectivity index (χ1n) is 8.36. The van der Waals surface area contributed by atoms with Crippen molar-refractivity contribution in [2.75, 3.05) is 0 Å². The van der Waals surface area contributed by atoms with E-state index in [1.807, 2.05) is 30.3 Å². The molecule has 0 aliphatic carbocycles. The second-order valence-corrected chi connectivity index (χ2v) is 5.99. The topological polar surface area (TPSA) is 68.5 Å². The molecule has 0 saturated heterocycles. The average Bonchev–Trinajstić information content (AvgIpc) is 2.69. The van der Waals surface area contributed by atoms with Gasteiger partial charge in [0.05, 0.1) is 13.2 Å². The van der Waals surface area contributed by atoms with E-state index in [-0.39, 0.29) is 23.2 Å². The van der Waals surface area contributed by atoms with Gasteiger partial charge in [0.2, 0.25) is 0 Å². The van der Waals surface area contributed by atoms with Gasteiger partial charge in [0.25, 0.3) is 5.56 Å². The number of nitrogens with zero attached hydrogens (tertiary/aromatic N) is 1. The van der Waals surface area contributed by atoms with Gasteiger partial charge in [-0.15, -0.1) is 0 Å². The predicted molar refractivity (Wildman–Crippen MR) is 98.1 cm³/mol. The highest BCUT2D eigenvalue weighted by molar-refractivity contribution is 5.95. The lowest BCUT2D eigenvalue weighted by molar-refractivity contribution is 0.0970. The zero-order chi connectivity index (χ0) is 19.2. The van der Waals surface area contributed by atoms with Crippen molar-refractivity contribution in [1.29, 1.82) is 0 Å². The lowest BCUT2D eigenvalue weighted by Gasteiger charge is -2.09. The molecule has 0 unspecified atom stereocenters. The van der Waals surface area contributed by atoms with Crippen LogP contribution in [-0.4, -0.2) is 15.5 Å². The molecule has 138 valence electrons. The van der Waals surface area contributed by atoms with Gasteiger partial charge in [-0.25, -0.2) is 4.39 Å². The summed E-state index contributed by atoms with van der Waals surface area (Å²) in [4.78, 5) is 24.5. The van der Waals surface area contributed by atoms with Gasteiger partial charge in [-0.3, -0.25) is 9.59 Å². The first-order valence-corrected chi connectivity index (χ1v) is 8.36. The van der Waals surface area contributed by atoms with Crippen LogP contribution in [0.1, 0.15) is 21.5 Å². The van der Waals surface area contributed by atoms with Gasteiger partial charge in [-0.2, -0.15) is 0 Å². The van der Waals surface area contributed by atoms with Crippen molar-refractivity contribution in [3.8, 4) is 5.75 Å². The van der Waals surface area contributed by atoms with Crippen LogP contribution in [0.15, 0.2) is 71.7 Å². The highest BCUT2D eigenvalue weighted by atomic mass is 19.1. The number of ketones is 1. The number of aliphatic hydroxyl groups excluding tert-OH is 1. The van der Waals surface area contributed by atoms with Gasteiger partial charge in [0.15, 0.2) is 5.78 Å². The fourth-order valence-corrected chi connectivity index (χ4v) is 2.55. The fraction of sp³-hybridized carbons (Fsp3) is 0.143. The summed E-state index contributed by atoms with van der Waals surface area (Å²) in [6.45, 7) is -0.320. The van der Waals surface area contributed by atoms with E-state index >= 15 is 0 Å². The van der Waals surface area contributed by atoms with Gasteiger partial charge in [-0.1, -0.05) is 42.5 Å². The number of halogens is 1. The Morgan fingerprint density at radius 3 is 2.52 bits per heavy atom. The number of benzene rings is 2. The highest BCUT2D eigenvalue weighted by Gasteiger charge is 2.11. The standard InChI is InChI=1S/C21H18FNO4/c22-19-10-16(6-7-17(19)13-24)20(25)12-23-9-8-18(11-21(23)26)27-14-15-4-2-1-3-5-15/h1-11,24H,12-14H2. The van der Waals surface area contributed by atoms with E-state index in [1.165, 1.54) is 29.0 Å². The number of hydrogen-bond donors (Lipinski definition) is 1. The molecule has 0 radical (unpaired) electrons. The minimum Gasteiger partial charge on any atom is -0.489 e. The SMILES string of the molecule is O=C(Cn1ccc(OCc2ccccc2)cc1=O)c1ccc(CO)c(F)c1. The predicted octanol–water partition coefficient (Wildman–Crippen LogP) is 2.94. The molecular weight excluding hydrogens is 349 g/mol. The molecule has 3 rings (SSSR count). The van der Waals surface area contributed by atoms with Crippen LogP contribution in [0.25, 0.3) is 0 Å². The quantitative estimate of drug-likeness (QED) is 0.652. The largest absolute Gasteiger partial charge is 0.489 e. The van der Waals surface area contributed by atoms with Gasteiger partial charge in [0, 0.05) is 23.4 Å². The molecule has 3 aromatic rings. The van der Waals surface area contributed by atoms with E-state index in [2.05, 4.69) is 0 Å². The van der Waals surface area contributed by atoms with Crippen LogP contribution in [0.4, 0.5) is 4.39 Å². The van der Waals surface area contributed by atoms with E-state index in [1.54, 1.807) is 6.07 Å². The molecule has 0 fully saturated rings. The number of carbonyl (C=O) groups is 1. The second-order valence-electron chi connectivity index (χ2n) is 5.99. The smallest absolute Gasteiger partial charge is 0.254 e. The molecule has 0 atom stereocenters. The Balaban J connectivity index is 1.68. The summed E-state index contributed by atoms with van der Waals surface area (Å²) >= 11 is 0. The molecule has 27 heavy (non-hydrogen) atoms. The summed E-state index contributed by atoms with van der Waals surface area (Å²) in [6, 6.07) is 16.3. The average molecular weight is 367 g/mol. The van der Waals surface area contributed by atoms with Crippen LogP contribution < -0.4 is 10.3 Å². The van der Waals surface area contributed by atoms with Gasteiger partial charge < -0.3 is 14.4 Å². The van der Waals surface area contributed by atoms with Crippen LogP contribution in [0.2, 0.25) is 0 Å². The molecule has 0 aliphatic heterocycles. The number of carbonyl (C=O) groups excluding carboxylic acids is 1. The maximum Gasteiger partial charge on any atom is 0.254 e. The number of hydrogen-bond acceptors (Lipinski definition) is 4. The second kappa shape index (κ2) is 8.42.